The molecule has 1 atom stereocenters. The number of nitrogen functional groups attached to an aromatic ring is 1. The molecule has 1 aromatic carbocycles. The molecule has 0 bridgehead atoms. The molecule has 7 heteroatoms. The van der Waals surface area contributed by atoms with Crippen LogP contribution in [0.1, 0.15) is 13.3 Å². The van der Waals surface area contributed by atoms with E-state index < -0.39 is 10.0 Å². The van der Waals surface area contributed by atoms with E-state index in [1.54, 1.807) is 6.07 Å². The number of nitrogens with zero attached hydrogens (tertiary/aromatic N) is 1. The van der Waals surface area contributed by atoms with Crippen LogP contribution < -0.4 is 10.5 Å². The van der Waals surface area contributed by atoms with Crippen LogP contribution >= 0.6 is 0 Å². The van der Waals surface area contributed by atoms with Crippen LogP contribution in [0, 0.1) is 0 Å². The second kappa shape index (κ2) is 5.99. The summed E-state index contributed by atoms with van der Waals surface area (Å²) in [4.78, 5) is 0.148. The lowest BCUT2D eigenvalue weighted by Crippen LogP contribution is -2.48. The molecule has 0 aliphatic carbocycles. The molecule has 0 aromatic heterocycles. The third-order valence-corrected chi connectivity index (χ3v) is 5.41. The number of hydrogen-bond donors (Lipinski definition) is 1. The predicted octanol–water partition coefficient (Wildman–Crippen LogP) is 1.08. The quantitative estimate of drug-likeness (QED) is 0.841. The minimum absolute atomic E-state index is 0.143. The standard InChI is InChI=1S/C13H20N2O4S/c1-3-11-9-19-7-6-15(11)20(16,17)13-5-4-10(14)8-12(13)18-2/h4-5,8,11H,3,6-7,9,14H2,1-2H3. The minimum atomic E-state index is -3.61. The normalized spacial score (nSPS) is 20.8. The number of hydrogen-bond acceptors (Lipinski definition) is 5. The van der Waals surface area contributed by atoms with Crippen LogP contribution in [-0.2, 0) is 14.8 Å². The van der Waals surface area contributed by atoms with Crippen LogP contribution in [0.15, 0.2) is 23.1 Å². The Morgan fingerprint density at radius 3 is 2.90 bits per heavy atom. The Morgan fingerprint density at radius 1 is 1.50 bits per heavy atom. The third-order valence-electron chi connectivity index (χ3n) is 3.42. The molecule has 1 aliphatic rings. The van der Waals surface area contributed by atoms with E-state index >= 15 is 0 Å². The number of nitrogens with two attached hydrogens (primary N) is 1. The van der Waals surface area contributed by atoms with Gasteiger partial charge in [0.05, 0.1) is 20.3 Å². The van der Waals surface area contributed by atoms with Gasteiger partial charge in [0.1, 0.15) is 10.6 Å². The van der Waals surface area contributed by atoms with E-state index in [0.29, 0.717) is 31.9 Å². The van der Waals surface area contributed by atoms with Crippen LogP contribution in [-0.4, -0.2) is 45.6 Å². The summed E-state index contributed by atoms with van der Waals surface area (Å²) in [6.45, 7) is 3.14. The summed E-state index contributed by atoms with van der Waals surface area (Å²) in [5, 5.41) is 0. The Kier molecular flexibility index (Phi) is 4.52. The molecule has 20 heavy (non-hydrogen) atoms. The van der Waals surface area contributed by atoms with Gasteiger partial charge in [-0.15, -0.1) is 0 Å². The van der Waals surface area contributed by atoms with Gasteiger partial charge in [-0.25, -0.2) is 8.42 Å². The van der Waals surface area contributed by atoms with Crippen molar-refractivity contribution in [2.24, 2.45) is 0 Å². The van der Waals surface area contributed by atoms with E-state index in [1.165, 1.54) is 23.5 Å². The molecule has 0 saturated carbocycles. The molecule has 2 rings (SSSR count). The van der Waals surface area contributed by atoms with E-state index in [9.17, 15) is 8.42 Å². The molecule has 1 fully saturated rings. The lowest BCUT2D eigenvalue weighted by Gasteiger charge is -2.34. The van der Waals surface area contributed by atoms with E-state index in [-0.39, 0.29) is 16.7 Å². The number of ether oxygens (including phenoxy) is 2. The van der Waals surface area contributed by atoms with Gasteiger partial charge < -0.3 is 15.2 Å². The fourth-order valence-corrected chi connectivity index (χ4v) is 4.11. The summed E-state index contributed by atoms with van der Waals surface area (Å²) >= 11 is 0. The highest BCUT2D eigenvalue weighted by Crippen LogP contribution is 2.30. The van der Waals surface area contributed by atoms with Crippen molar-refractivity contribution in [3.05, 3.63) is 18.2 Å². The van der Waals surface area contributed by atoms with Crippen LogP contribution in [0.4, 0.5) is 5.69 Å². The monoisotopic (exact) mass is 300 g/mol. The Labute approximate surface area is 119 Å². The average Bonchev–Trinajstić information content (AvgIpc) is 2.46. The largest absolute Gasteiger partial charge is 0.495 e. The van der Waals surface area contributed by atoms with Crippen molar-refractivity contribution in [1.82, 2.24) is 4.31 Å². The molecule has 2 N–H and O–H groups in total. The van der Waals surface area contributed by atoms with Gasteiger partial charge in [0, 0.05) is 24.3 Å². The first-order chi connectivity index (χ1) is 9.50. The molecular weight excluding hydrogens is 280 g/mol. The number of morpholine rings is 1. The van der Waals surface area contributed by atoms with Crippen LogP contribution in [0.3, 0.4) is 0 Å². The topological polar surface area (TPSA) is 81.9 Å². The number of benzene rings is 1. The van der Waals surface area contributed by atoms with Crippen molar-refractivity contribution in [2.75, 3.05) is 32.6 Å². The summed E-state index contributed by atoms with van der Waals surface area (Å²) in [7, 11) is -2.18. The zero-order chi connectivity index (χ0) is 14.8. The zero-order valence-corrected chi connectivity index (χ0v) is 12.5. The number of methoxy groups -OCH3 is 1. The molecule has 1 unspecified atom stereocenters. The summed E-state index contributed by atoms with van der Waals surface area (Å²) in [6.07, 6.45) is 0.705. The van der Waals surface area contributed by atoms with Crippen LogP contribution in [0.5, 0.6) is 5.75 Å². The summed E-state index contributed by atoms with van der Waals surface area (Å²) < 4.78 is 37.6. The Morgan fingerprint density at radius 2 is 2.25 bits per heavy atom. The number of rotatable bonds is 4. The first-order valence-electron chi connectivity index (χ1n) is 6.53. The van der Waals surface area contributed by atoms with Crippen molar-refractivity contribution < 1.29 is 17.9 Å². The van der Waals surface area contributed by atoms with Gasteiger partial charge in [0.2, 0.25) is 10.0 Å². The minimum Gasteiger partial charge on any atom is -0.495 e. The molecule has 1 saturated heterocycles. The van der Waals surface area contributed by atoms with Crippen molar-refractivity contribution in [3.8, 4) is 5.75 Å². The Bertz CT molecular complexity index is 574. The first-order valence-corrected chi connectivity index (χ1v) is 7.97. The molecule has 112 valence electrons. The van der Waals surface area contributed by atoms with Gasteiger partial charge in [0.15, 0.2) is 0 Å². The molecule has 0 radical (unpaired) electrons. The highest BCUT2D eigenvalue weighted by atomic mass is 32.2. The zero-order valence-electron chi connectivity index (χ0n) is 11.7. The van der Waals surface area contributed by atoms with E-state index in [4.69, 9.17) is 15.2 Å². The summed E-state index contributed by atoms with van der Waals surface area (Å²) in [6, 6.07) is 4.44. The number of sulfonamides is 1. The molecule has 6 nitrogen and oxygen atoms in total. The van der Waals surface area contributed by atoms with Gasteiger partial charge in [0.25, 0.3) is 0 Å². The highest BCUT2D eigenvalue weighted by Gasteiger charge is 2.34. The molecule has 1 aliphatic heterocycles. The number of anilines is 1. The van der Waals surface area contributed by atoms with Crippen molar-refractivity contribution in [3.63, 3.8) is 0 Å². The molecular formula is C13H20N2O4S. The van der Waals surface area contributed by atoms with Crippen molar-refractivity contribution in [1.29, 1.82) is 0 Å². The Hall–Kier alpha value is -1.31. The summed E-state index contributed by atoms with van der Waals surface area (Å²) in [5.41, 5.74) is 6.14. The molecule has 1 heterocycles. The molecule has 0 amide bonds. The second-order valence-corrected chi connectivity index (χ2v) is 6.52. The van der Waals surface area contributed by atoms with E-state index in [1.807, 2.05) is 6.92 Å². The second-order valence-electron chi connectivity index (χ2n) is 4.66. The lowest BCUT2D eigenvalue weighted by molar-refractivity contribution is 0.0313. The van der Waals surface area contributed by atoms with Crippen molar-refractivity contribution in [2.45, 2.75) is 24.3 Å². The highest BCUT2D eigenvalue weighted by molar-refractivity contribution is 7.89. The van der Waals surface area contributed by atoms with E-state index in [2.05, 4.69) is 0 Å². The Balaban J connectivity index is 2.43. The first kappa shape index (κ1) is 15.1. The van der Waals surface area contributed by atoms with Crippen molar-refractivity contribution >= 4 is 15.7 Å². The van der Waals surface area contributed by atoms with Gasteiger partial charge in [-0.05, 0) is 18.6 Å². The average molecular weight is 300 g/mol. The van der Waals surface area contributed by atoms with E-state index in [0.717, 1.165) is 0 Å². The van der Waals surface area contributed by atoms with Gasteiger partial charge >= 0.3 is 0 Å². The molecule has 0 spiro atoms. The lowest BCUT2D eigenvalue weighted by atomic mass is 10.2. The van der Waals surface area contributed by atoms with Gasteiger partial charge in [-0.1, -0.05) is 6.92 Å². The molecule has 1 aromatic rings. The van der Waals surface area contributed by atoms with Gasteiger partial charge in [-0.3, -0.25) is 0 Å². The smallest absolute Gasteiger partial charge is 0.247 e. The predicted molar refractivity (Wildman–Crippen MR) is 76.2 cm³/mol. The third kappa shape index (κ3) is 2.74. The maximum Gasteiger partial charge on any atom is 0.247 e. The SMILES string of the molecule is CCC1COCCN1S(=O)(=O)c1ccc(N)cc1OC. The maximum absolute atomic E-state index is 12.8. The maximum atomic E-state index is 12.8. The van der Waals surface area contributed by atoms with Gasteiger partial charge in [-0.2, -0.15) is 4.31 Å². The van der Waals surface area contributed by atoms with Crippen LogP contribution in [0.25, 0.3) is 0 Å². The fraction of sp³-hybridized carbons (Fsp3) is 0.538. The van der Waals surface area contributed by atoms with Crippen LogP contribution in [0.2, 0.25) is 0 Å². The fourth-order valence-electron chi connectivity index (χ4n) is 2.30. The summed E-state index contributed by atoms with van der Waals surface area (Å²) in [5.74, 6) is 0.270.